The van der Waals surface area contributed by atoms with Crippen molar-refractivity contribution in [2.75, 3.05) is 23.4 Å². The Kier molecular flexibility index (Phi) is 6.92. The summed E-state index contributed by atoms with van der Waals surface area (Å²) in [5, 5.41) is 12.6. The van der Waals surface area contributed by atoms with Gasteiger partial charge in [0, 0.05) is 10.2 Å². The average Bonchev–Trinajstić information content (AvgIpc) is 2.30. The number of hydrogen-bond donors (Lipinski definition) is 2. The second-order valence-electron chi connectivity index (χ2n) is 3.49. The minimum atomic E-state index is 0.137. The van der Waals surface area contributed by atoms with E-state index in [4.69, 9.17) is 0 Å². The lowest BCUT2D eigenvalue weighted by Gasteiger charge is -2.18. The van der Waals surface area contributed by atoms with Crippen molar-refractivity contribution in [3.05, 3.63) is 28.7 Å². The molecule has 1 aromatic rings. The molecule has 0 radical (unpaired) electrons. The molecule has 0 aliphatic carbocycles. The normalized spacial score (nSPS) is 12.4. The molecular formula is C12H18BrNOS. The predicted octanol–water partition coefficient (Wildman–Crippen LogP) is 3.37. The molecule has 2 N–H and O–H groups in total. The van der Waals surface area contributed by atoms with E-state index in [2.05, 4.69) is 28.2 Å². The third kappa shape index (κ3) is 4.76. The van der Waals surface area contributed by atoms with E-state index in [1.807, 2.05) is 36.0 Å². The number of para-hydroxylation sites is 1. The molecule has 4 heteroatoms. The highest BCUT2D eigenvalue weighted by Gasteiger charge is 2.08. The zero-order valence-corrected chi connectivity index (χ0v) is 11.9. The molecule has 0 saturated heterocycles. The van der Waals surface area contributed by atoms with Crippen LogP contribution in [-0.4, -0.2) is 29.3 Å². The molecule has 1 rings (SSSR count). The molecule has 0 heterocycles. The molecule has 90 valence electrons. The molecule has 0 saturated carbocycles. The van der Waals surface area contributed by atoms with Crippen molar-refractivity contribution in [1.82, 2.24) is 0 Å². The first kappa shape index (κ1) is 13.9. The topological polar surface area (TPSA) is 32.3 Å². The van der Waals surface area contributed by atoms with Crippen molar-refractivity contribution in [3.8, 4) is 0 Å². The summed E-state index contributed by atoms with van der Waals surface area (Å²) >= 11 is 5.39. The van der Waals surface area contributed by atoms with Crippen LogP contribution in [0.5, 0.6) is 0 Å². The number of thioether (sulfide) groups is 1. The van der Waals surface area contributed by atoms with E-state index in [1.54, 1.807) is 0 Å². The molecule has 2 nitrogen and oxygen atoms in total. The van der Waals surface area contributed by atoms with Gasteiger partial charge in [0.1, 0.15) is 0 Å². The van der Waals surface area contributed by atoms with Crippen molar-refractivity contribution >= 4 is 33.4 Å². The SMILES string of the molecule is CCSCCC(CO)Nc1ccccc1Br. The molecule has 0 fully saturated rings. The largest absolute Gasteiger partial charge is 0.394 e. The van der Waals surface area contributed by atoms with Crippen LogP contribution in [0.3, 0.4) is 0 Å². The van der Waals surface area contributed by atoms with Crippen LogP contribution in [0.15, 0.2) is 28.7 Å². The average molecular weight is 304 g/mol. The molecular weight excluding hydrogens is 286 g/mol. The fourth-order valence-corrected chi connectivity index (χ4v) is 2.52. The number of anilines is 1. The zero-order chi connectivity index (χ0) is 11.8. The minimum absolute atomic E-state index is 0.137. The third-order valence-corrected chi connectivity index (χ3v) is 3.89. The molecule has 0 bridgehead atoms. The Morgan fingerprint density at radius 2 is 2.19 bits per heavy atom. The monoisotopic (exact) mass is 303 g/mol. The number of hydrogen-bond acceptors (Lipinski definition) is 3. The Labute approximate surface area is 110 Å². The lowest BCUT2D eigenvalue weighted by molar-refractivity contribution is 0.272. The lowest BCUT2D eigenvalue weighted by Crippen LogP contribution is -2.24. The summed E-state index contributed by atoms with van der Waals surface area (Å²) < 4.78 is 1.04. The summed E-state index contributed by atoms with van der Waals surface area (Å²) in [6, 6.07) is 8.12. The van der Waals surface area contributed by atoms with Gasteiger partial charge < -0.3 is 10.4 Å². The number of benzene rings is 1. The maximum Gasteiger partial charge on any atom is 0.0633 e. The van der Waals surface area contributed by atoms with Crippen LogP contribution in [0.25, 0.3) is 0 Å². The molecule has 0 aliphatic heterocycles. The van der Waals surface area contributed by atoms with Gasteiger partial charge in [0.05, 0.1) is 12.6 Å². The van der Waals surface area contributed by atoms with Gasteiger partial charge in [-0.15, -0.1) is 0 Å². The Bertz CT molecular complexity index is 309. The first-order valence-corrected chi connectivity index (χ1v) is 7.42. The molecule has 0 amide bonds. The summed E-state index contributed by atoms with van der Waals surface area (Å²) in [5.41, 5.74) is 1.04. The fourth-order valence-electron chi connectivity index (χ4n) is 1.38. The summed E-state index contributed by atoms with van der Waals surface area (Å²) in [6.07, 6.45) is 0.982. The quantitative estimate of drug-likeness (QED) is 0.758. The Morgan fingerprint density at radius 1 is 1.44 bits per heavy atom. The van der Waals surface area contributed by atoms with Crippen molar-refractivity contribution in [2.24, 2.45) is 0 Å². The molecule has 1 unspecified atom stereocenters. The summed E-state index contributed by atoms with van der Waals surface area (Å²) in [7, 11) is 0. The Hall–Kier alpha value is -0.190. The predicted molar refractivity (Wildman–Crippen MR) is 76.3 cm³/mol. The van der Waals surface area contributed by atoms with E-state index in [0.717, 1.165) is 28.1 Å². The minimum Gasteiger partial charge on any atom is -0.394 e. The Balaban J connectivity index is 2.46. The van der Waals surface area contributed by atoms with Gasteiger partial charge in [-0.05, 0) is 46.0 Å². The molecule has 1 atom stereocenters. The van der Waals surface area contributed by atoms with E-state index in [1.165, 1.54) is 0 Å². The van der Waals surface area contributed by atoms with Crippen LogP contribution in [0.4, 0.5) is 5.69 Å². The van der Waals surface area contributed by atoms with Crippen LogP contribution < -0.4 is 5.32 Å². The first-order chi connectivity index (χ1) is 7.77. The second-order valence-corrected chi connectivity index (χ2v) is 5.74. The molecule has 16 heavy (non-hydrogen) atoms. The standard InChI is InChI=1S/C12H18BrNOS/c1-2-16-8-7-10(9-15)14-12-6-4-3-5-11(12)13/h3-6,10,14-15H,2,7-9H2,1H3. The van der Waals surface area contributed by atoms with Gasteiger partial charge in [-0.2, -0.15) is 11.8 Å². The van der Waals surface area contributed by atoms with Crippen LogP contribution in [0.2, 0.25) is 0 Å². The van der Waals surface area contributed by atoms with Gasteiger partial charge in [-0.25, -0.2) is 0 Å². The van der Waals surface area contributed by atoms with Crippen molar-refractivity contribution in [1.29, 1.82) is 0 Å². The molecule has 0 spiro atoms. The molecule has 1 aromatic carbocycles. The smallest absolute Gasteiger partial charge is 0.0633 e. The lowest BCUT2D eigenvalue weighted by atomic mass is 10.2. The number of aliphatic hydroxyl groups excluding tert-OH is 1. The summed E-state index contributed by atoms with van der Waals surface area (Å²) in [4.78, 5) is 0. The zero-order valence-electron chi connectivity index (χ0n) is 9.45. The fraction of sp³-hybridized carbons (Fsp3) is 0.500. The Morgan fingerprint density at radius 3 is 2.81 bits per heavy atom. The van der Waals surface area contributed by atoms with Crippen LogP contribution >= 0.6 is 27.7 Å². The molecule has 0 aliphatic rings. The highest BCUT2D eigenvalue weighted by molar-refractivity contribution is 9.10. The van der Waals surface area contributed by atoms with E-state index >= 15 is 0 Å². The van der Waals surface area contributed by atoms with E-state index in [9.17, 15) is 5.11 Å². The number of rotatable bonds is 7. The van der Waals surface area contributed by atoms with Gasteiger partial charge in [0.15, 0.2) is 0 Å². The maximum atomic E-state index is 9.29. The highest BCUT2D eigenvalue weighted by Crippen LogP contribution is 2.22. The van der Waals surface area contributed by atoms with Crippen molar-refractivity contribution in [2.45, 2.75) is 19.4 Å². The third-order valence-electron chi connectivity index (χ3n) is 2.27. The van der Waals surface area contributed by atoms with Crippen molar-refractivity contribution < 1.29 is 5.11 Å². The van der Waals surface area contributed by atoms with E-state index < -0.39 is 0 Å². The van der Waals surface area contributed by atoms with Crippen LogP contribution in [-0.2, 0) is 0 Å². The van der Waals surface area contributed by atoms with Crippen molar-refractivity contribution in [3.63, 3.8) is 0 Å². The number of aliphatic hydroxyl groups is 1. The summed E-state index contributed by atoms with van der Waals surface area (Å²) in [5.74, 6) is 2.21. The van der Waals surface area contributed by atoms with Gasteiger partial charge >= 0.3 is 0 Å². The highest BCUT2D eigenvalue weighted by atomic mass is 79.9. The van der Waals surface area contributed by atoms with E-state index in [-0.39, 0.29) is 12.6 Å². The first-order valence-electron chi connectivity index (χ1n) is 5.47. The maximum absolute atomic E-state index is 9.29. The second kappa shape index (κ2) is 7.98. The van der Waals surface area contributed by atoms with E-state index in [0.29, 0.717) is 0 Å². The van der Waals surface area contributed by atoms with Gasteiger partial charge in [-0.3, -0.25) is 0 Å². The number of nitrogens with one attached hydrogen (secondary N) is 1. The van der Waals surface area contributed by atoms with Crippen LogP contribution in [0, 0.1) is 0 Å². The number of halogens is 1. The van der Waals surface area contributed by atoms with Gasteiger partial charge in [0.25, 0.3) is 0 Å². The van der Waals surface area contributed by atoms with Gasteiger partial charge in [-0.1, -0.05) is 19.1 Å². The van der Waals surface area contributed by atoms with Gasteiger partial charge in [0.2, 0.25) is 0 Å². The van der Waals surface area contributed by atoms with Crippen LogP contribution in [0.1, 0.15) is 13.3 Å². The summed E-state index contributed by atoms with van der Waals surface area (Å²) in [6.45, 7) is 2.32. The molecule has 0 aromatic heterocycles.